The molecule has 106 valence electrons. The van der Waals surface area contributed by atoms with Gasteiger partial charge in [0.2, 0.25) is 0 Å². The third kappa shape index (κ3) is 3.85. The van der Waals surface area contributed by atoms with Crippen molar-refractivity contribution in [1.82, 2.24) is 4.90 Å². The number of rotatable bonds is 5. The van der Waals surface area contributed by atoms with Crippen molar-refractivity contribution < 1.29 is 0 Å². The molecule has 1 nitrogen and oxygen atoms in total. The molecule has 0 aromatic heterocycles. The van der Waals surface area contributed by atoms with Crippen molar-refractivity contribution in [2.24, 2.45) is 0 Å². The molecule has 3 rings (SSSR count). The molecule has 0 saturated heterocycles. The molecule has 1 aliphatic carbocycles. The third-order valence-corrected chi connectivity index (χ3v) is 3.77. The van der Waals surface area contributed by atoms with Crippen LogP contribution in [-0.4, -0.2) is 4.90 Å². The van der Waals surface area contributed by atoms with Crippen LogP contribution in [0.2, 0.25) is 0 Å². The molecule has 1 aliphatic rings. The first-order valence-electron chi connectivity index (χ1n) is 7.61. The molecule has 2 aromatic rings. The summed E-state index contributed by atoms with van der Waals surface area (Å²) in [6, 6.07) is 21.4. The Morgan fingerprint density at radius 1 is 0.714 bits per heavy atom. The van der Waals surface area contributed by atoms with E-state index in [-0.39, 0.29) is 0 Å². The predicted molar refractivity (Wildman–Crippen MR) is 88.6 cm³/mol. The summed E-state index contributed by atoms with van der Waals surface area (Å²) >= 11 is 0. The quantitative estimate of drug-likeness (QED) is 0.748. The zero-order valence-corrected chi connectivity index (χ0v) is 12.3. The fourth-order valence-corrected chi connectivity index (χ4v) is 2.68. The molecule has 0 amide bonds. The predicted octanol–water partition coefficient (Wildman–Crippen LogP) is 4.92. The Morgan fingerprint density at radius 3 is 1.76 bits per heavy atom. The lowest BCUT2D eigenvalue weighted by molar-refractivity contribution is 0.337. The van der Waals surface area contributed by atoms with Crippen LogP contribution in [0.15, 0.2) is 84.6 Å². The van der Waals surface area contributed by atoms with Gasteiger partial charge in [0.15, 0.2) is 0 Å². The van der Waals surface area contributed by atoms with Gasteiger partial charge >= 0.3 is 0 Å². The van der Waals surface area contributed by atoms with E-state index in [1.807, 2.05) is 0 Å². The van der Waals surface area contributed by atoms with E-state index >= 15 is 0 Å². The Hall–Kier alpha value is -2.28. The maximum absolute atomic E-state index is 2.46. The average molecular weight is 275 g/mol. The Bertz CT molecular complexity index is 569. The molecule has 0 unspecified atom stereocenters. The Kier molecular flexibility index (Phi) is 4.52. The van der Waals surface area contributed by atoms with E-state index in [0.717, 1.165) is 25.9 Å². The van der Waals surface area contributed by atoms with Crippen molar-refractivity contribution in [3.05, 3.63) is 95.7 Å². The molecular weight excluding hydrogens is 254 g/mol. The second kappa shape index (κ2) is 6.94. The minimum Gasteiger partial charge on any atom is -0.363 e. The normalized spacial score (nSPS) is 13.8. The molecule has 0 heterocycles. The van der Waals surface area contributed by atoms with Crippen LogP contribution in [0.25, 0.3) is 0 Å². The van der Waals surface area contributed by atoms with Crippen LogP contribution in [0.5, 0.6) is 0 Å². The van der Waals surface area contributed by atoms with E-state index in [1.165, 1.54) is 16.8 Å². The Balaban J connectivity index is 1.80. The molecule has 0 radical (unpaired) electrons. The second-order valence-electron chi connectivity index (χ2n) is 5.44. The summed E-state index contributed by atoms with van der Waals surface area (Å²) in [5.41, 5.74) is 4.05. The lowest BCUT2D eigenvalue weighted by Crippen LogP contribution is -2.22. The maximum atomic E-state index is 2.46. The standard InChI is InChI=1S/C20H21N/c1-4-10-18(11-5-1)16-21(20-14-8-3-9-15-20)17-19-12-6-2-7-13-19/h1-2,4-8,10-15H,3,9,16-17H2. The van der Waals surface area contributed by atoms with Crippen LogP contribution in [0.3, 0.4) is 0 Å². The van der Waals surface area contributed by atoms with Crippen LogP contribution in [0, 0.1) is 0 Å². The molecular formula is C20H21N. The average Bonchev–Trinajstić information content (AvgIpc) is 2.57. The molecule has 0 bridgehead atoms. The molecule has 0 saturated carbocycles. The third-order valence-electron chi connectivity index (χ3n) is 3.77. The fourth-order valence-electron chi connectivity index (χ4n) is 2.68. The fraction of sp³-hybridized carbons (Fsp3) is 0.200. The van der Waals surface area contributed by atoms with Crippen LogP contribution in [0.4, 0.5) is 0 Å². The monoisotopic (exact) mass is 275 g/mol. The highest BCUT2D eigenvalue weighted by Crippen LogP contribution is 2.20. The summed E-state index contributed by atoms with van der Waals surface area (Å²) in [4.78, 5) is 2.46. The minimum atomic E-state index is 0.950. The van der Waals surface area contributed by atoms with Gasteiger partial charge < -0.3 is 4.90 Å². The van der Waals surface area contributed by atoms with Crippen molar-refractivity contribution in [2.45, 2.75) is 25.9 Å². The van der Waals surface area contributed by atoms with Gasteiger partial charge in [0.05, 0.1) is 0 Å². The van der Waals surface area contributed by atoms with E-state index in [1.54, 1.807) is 0 Å². The molecule has 0 N–H and O–H groups in total. The molecule has 0 atom stereocenters. The largest absolute Gasteiger partial charge is 0.363 e. The number of hydrogen-bond acceptors (Lipinski definition) is 1. The van der Waals surface area contributed by atoms with E-state index in [2.05, 4.69) is 83.8 Å². The van der Waals surface area contributed by atoms with Gasteiger partial charge in [-0.1, -0.05) is 72.8 Å². The van der Waals surface area contributed by atoms with E-state index in [4.69, 9.17) is 0 Å². The summed E-state index contributed by atoms with van der Waals surface area (Å²) in [7, 11) is 0. The number of benzene rings is 2. The zero-order chi connectivity index (χ0) is 14.3. The van der Waals surface area contributed by atoms with Crippen LogP contribution in [-0.2, 0) is 13.1 Å². The van der Waals surface area contributed by atoms with Gasteiger partial charge in [-0.3, -0.25) is 0 Å². The van der Waals surface area contributed by atoms with Crippen molar-refractivity contribution in [1.29, 1.82) is 0 Å². The van der Waals surface area contributed by atoms with Gasteiger partial charge in [0.25, 0.3) is 0 Å². The highest BCUT2D eigenvalue weighted by molar-refractivity contribution is 5.25. The summed E-state index contributed by atoms with van der Waals surface area (Å²) < 4.78 is 0. The topological polar surface area (TPSA) is 3.24 Å². The van der Waals surface area contributed by atoms with E-state index in [9.17, 15) is 0 Å². The van der Waals surface area contributed by atoms with Crippen LogP contribution < -0.4 is 0 Å². The molecule has 0 spiro atoms. The molecule has 1 heteroatoms. The Morgan fingerprint density at radius 2 is 1.29 bits per heavy atom. The maximum Gasteiger partial charge on any atom is 0.0433 e. The van der Waals surface area contributed by atoms with Gasteiger partial charge in [-0.15, -0.1) is 0 Å². The highest BCUT2D eigenvalue weighted by Gasteiger charge is 2.10. The van der Waals surface area contributed by atoms with E-state index < -0.39 is 0 Å². The molecule has 2 aromatic carbocycles. The lowest BCUT2D eigenvalue weighted by Gasteiger charge is -2.27. The number of nitrogens with zero attached hydrogens (tertiary/aromatic N) is 1. The van der Waals surface area contributed by atoms with Gasteiger partial charge in [-0.2, -0.15) is 0 Å². The highest BCUT2D eigenvalue weighted by atomic mass is 15.1. The number of hydrogen-bond donors (Lipinski definition) is 0. The summed E-state index contributed by atoms with van der Waals surface area (Å²) in [5, 5.41) is 0. The van der Waals surface area contributed by atoms with Gasteiger partial charge in [0.1, 0.15) is 0 Å². The van der Waals surface area contributed by atoms with Crippen molar-refractivity contribution in [3.63, 3.8) is 0 Å². The zero-order valence-electron chi connectivity index (χ0n) is 12.3. The molecule has 0 fully saturated rings. The number of allylic oxidation sites excluding steroid dienone is 3. The smallest absolute Gasteiger partial charge is 0.0433 e. The first kappa shape index (κ1) is 13.7. The minimum absolute atomic E-state index is 0.950. The van der Waals surface area contributed by atoms with Gasteiger partial charge in [-0.05, 0) is 30.0 Å². The second-order valence-corrected chi connectivity index (χ2v) is 5.44. The summed E-state index contributed by atoms with van der Waals surface area (Å²) in [5.74, 6) is 0. The molecule has 0 aliphatic heterocycles. The van der Waals surface area contributed by atoms with Crippen molar-refractivity contribution in [2.75, 3.05) is 0 Å². The first-order valence-corrected chi connectivity index (χ1v) is 7.61. The van der Waals surface area contributed by atoms with Crippen LogP contribution >= 0.6 is 0 Å². The molecule has 21 heavy (non-hydrogen) atoms. The van der Waals surface area contributed by atoms with Crippen molar-refractivity contribution in [3.8, 4) is 0 Å². The van der Waals surface area contributed by atoms with Crippen LogP contribution in [0.1, 0.15) is 24.0 Å². The van der Waals surface area contributed by atoms with Gasteiger partial charge in [-0.25, -0.2) is 0 Å². The van der Waals surface area contributed by atoms with E-state index in [0.29, 0.717) is 0 Å². The SMILES string of the molecule is C1=CC(N(Cc2ccccc2)Cc2ccccc2)=CCC1. The van der Waals surface area contributed by atoms with Crippen molar-refractivity contribution >= 4 is 0 Å². The lowest BCUT2D eigenvalue weighted by atomic mass is 10.1. The summed E-state index contributed by atoms with van der Waals surface area (Å²) in [6.45, 7) is 1.90. The Labute approximate surface area is 127 Å². The first-order chi connectivity index (χ1) is 10.4. The summed E-state index contributed by atoms with van der Waals surface area (Å²) in [6.07, 6.45) is 9.19. The van der Waals surface area contributed by atoms with Gasteiger partial charge in [0, 0.05) is 18.8 Å².